The number of rotatable bonds is 4. The summed E-state index contributed by atoms with van der Waals surface area (Å²) in [6, 6.07) is 4.82. The first-order chi connectivity index (χ1) is 10.0. The van der Waals surface area contributed by atoms with Crippen LogP contribution >= 0.6 is 15.9 Å². The number of halogens is 1. The highest BCUT2D eigenvalue weighted by Crippen LogP contribution is 2.22. The van der Waals surface area contributed by atoms with Gasteiger partial charge in [0.15, 0.2) is 0 Å². The predicted octanol–water partition coefficient (Wildman–Crippen LogP) is 0.922. The molecule has 1 heterocycles. The Hall–Kier alpha value is -1.44. The molecule has 0 spiro atoms. The number of hydrogen-bond acceptors (Lipinski definition) is 5. The zero-order chi connectivity index (χ0) is 15.4. The Kier molecular flexibility index (Phi) is 5.33. The van der Waals surface area contributed by atoms with Crippen molar-refractivity contribution < 1.29 is 19.1 Å². The maximum atomic E-state index is 11.5. The lowest BCUT2D eigenvalue weighted by molar-refractivity contribution is -0.129. The van der Waals surface area contributed by atoms with Gasteiger partial charge in [-0.1, -0.05) is 22.0 Å². The van der Waals surface area contributed by atoms with Crippen molar-refractivity contribution in [2.45, 2.75) is 12.6 Å². The first-order valence-electron chi connectivity index (χ1n) is 6.50. The van der Waals surface area contributed by atoms with E-state index in [-0.39, 0.29) is 5.97 Å². The van der Waals surface area contributed by atoms with E-state index in [1.165, 1.54) is 7.11 Å². The fourth-order valence-electron chi connectivity index (χ4n) is 2.23. The second kappa shape index (κ2) is 7.02. The van der Waals surface area contributed by atoms with Gasteiger partial charge in [0.1, 0.15) is 6.04 Å². The quantitative estimate of drug-likeness (QED) is 0.811. The lowest BCUT2D eigenvalue weighted by Gasteiger charge is -2.33. The lowest BCUT2D eigenvalue weighted by Crippen LogP contribution is -2.51. The molecule has 1 aromatic carbocycles. The van der Waals surface area contributed by atoms with Crippen molar-refractivity contribution in [2.24, 2.45) is 5.73 Å². The van der Waals surface area contributed by atoms with Crippen molar-refractivity contribution in [3.8, 4) is 0 Å². The molecule has 0 bridgehead atoms. The summed E-state index contributed by atoms with van der Waals surface area (Å²) >= 11 is 3.45. The Morgan fingerprint density at radius 1 is 1.52 bits per heavy atom. The molecule has 21 heavy (non-hydrogen) atoms. The third kappa shape index (κ3) is 3.81. The average Bonchev–Trinajstić information content (AvgIpc) is 2.48. The highest BCUT2D eigenvalue weighted by atomic mass is 79.9. The molecule has 1 atom stereocenters. The van der Waals surface area contributed by atoms with Crippen LogP contribution in [0.15, 0.2) is 22.7 Å². The van der Waals surface area contributed by atoms with E-state index in [0.29, 0.717) is 31.9 Å². The molecule has 0 aliphatic carbocycles. The van der Waals surface area contributed by atoms with Gasteiger partial charge in [-0.05, 0) is 17.7 Å². The van der Waals surface area contributed by atoms with Crippen molar-refractivity contribution in [1.82, 2.24) is 4.90 Å². The molecular formula is C14H17BrN2O4. The molecule has 1 amide bonds. The molecule has 2 rings (SSSR count). The first kappa shape index (κ1) is 15.9. The van der Waals surface area contributed by atoms with Crippen molar-refractivity contribution >= 4 is 27.8 Å². The largest absolute Gasteiger partial charge is 0.465 e. The monoisotopic (exact) mass is 356 g/mol. The van der Waals surface area contributed by atoms with E-state index < -0.39 is 11.9 Å². The minimum absolute atomic E-state index is 0.313. The van der Waals surface area contributed by atoms with Gasteiger partial charge in [0.2, 0.25) is 5.91 Å². The van der Waals surface area contributed by atoms with Gasteiger partial charge in [-0.3, -0.25) is 9.69 Å². The molecule has 1 unspecified atom stereocenters. The second-order valence-electron chi connectivity index (χ2n) is 4.76. The number of hydrogen-bond donors (Lipinski definition) is 1. The molecule has 0 aromatic heterocycles. The van der Waals surface area contributed by atoms with Crippen molar-refractivity contribution in [3.63, 3.8) is 0 Å². The number of benzene rings is 1. The van der Waals surface area contributed by atoms with Crippen LogP contribution in [0.3, 0.4) is 0 Å². The standard InChI is InChI=1S/C14H17BrN2O4/c1-20-14(19)9-2-3-10(11(15)6-9)7-17-4-5-21-8-12(17)13(16)18/h2-3,6,12H,4-5,7-8H2,1H3,(H2,16,18). The van der Waals surface area contributed by atoms with E-state index in [4.69, 9.17) is 10.5 Å². The Labute approximate surface area is 131 Å². The zero-order valence-corrected chi connectivity index (χ0v) is 13.3. The Morgan fingerprint density at radius 2 is 2.29 bits per heavy atom. The van der Waals surface area contributed by atoms with E-state index in [1.807, 2.05) is 11.0 Å². The third-order valence-corrected chi connectivity index (χ3v) is 4.15. The summed E-state index contributed by atoms with van der Waals surface area (Å²) in [5, 5.41) is 0. The number of methoxy groups -OCH3 is 1. The summed E-state index contributed by atoms with van der Waals surface area (Å²) in [5.41, 5.74) is 6.84. The average molecular weight is 357 g/mol. The van der Waals surface area contributed by atoms with Gasteiger partial charge in [0.05, 0.1) is 25.9 Å². The SMILES string of the molecule is COC(=O)c1ccc(CN2CCOCC2C(N)=O)c(Br)c1. The molecule has 1 aliphatic rings. The molecule has 7 heteroatoms. The van der Waals surface area contributed by atoms with Crippen molar-refractivity contribution in [1.29, 1.82) is 0 Å². The summed E-state index contributed by atoms with van der Waals surface area (Å²) < 4.78 is 10.8. The van der Waals surface area contributed by atoms with Gasteiger partial charge in [-0.25, -0.2) is 4.79 Å². The number of nitrogens with two attached hydrogens (primary N) is 1. The van der Waals surface area contributed by atoms with Gasteiger partial charge in [0, 0.05) is 17.6 Å². The summed E-state index contributed by atoms with van der Waals surface area (Å²) in [7, 11) is 1.34. The maximum Gasteiger partial charge on any atom is 0.337 e. The fraction of sp³-hybridized carbons (Fsp3) is 0.429. The number of carbonyl (C=O) groups is 2. The van der Waals surface area contributed by atoms with Crippen LogP contribution in [0.25, 0.3) is 0 Å². The van der Waals surface area contributed by atoms with E-state index in [1.54, 1.807) is 12.1 Å². The zero-order valence-electron chi connectivity index (χ0n) is 11.7. The van der Waals surface area contributed by atoms with Crippen molar-refractivity contribution in [3.05, 3.63) is 33.8 Å². The van der Waals surface area contributed by atoms with Crippen LogP contribution in [0.5, 0.6) is 0 Å². The van der Waals surface area contributed by atoms with Gasteiger partial charge in [-0.2, -0.15) is 0 Å². The number of ether oxygens (including phenoxy) is 2. The molecule has 1 fully saturated rings. The number of carbonyl (C=O) groups excluding carboxylic acids is 2. The summed E-state index contributed by atoms with van der Waals surface area (Å²) in [6.45, 7) is 2.08. The summed E-state index contributed by atoms with van der Waals surface area (Å²) in [6.07, 6.45) is 0. The van der Waals surface area contributed by atoms with Gasteiger partial charge >= 0.3 is 5.97 Å². The van der Waals surface area contributed by atoms with E-state index in [9.17, 15) is 9.59 Å². The molecule has 1 aliphatic heterocycles. The minimum Gasteiger partial charge on any atom is -0.465 e. The van der Waals surface area contributed by atoms with Crippen LogP contribution < -0.4 is 5.73 Å². The second-order valence-corrected chi connectivity index (χ2v) is 5.62. The number of primary amides is 1. The number of morpholine rings is 1. The van der Waals surface area contributed by atoms with E-state index in [2.05, 4.69) is 20.7 Å². The summed E-state index contributed by atoms with van der Waals surface area (Å²) in [5.74, 6) is -0.777. The van der Waals surface area contributed by atoms with Gasteiger partial charge in [-0.15, -0.1) is 0 Å². The number of nitrogens with zero attached hydrogens (tertiary/aromatic N) is 1. The summed E-state index contributed by atoms with van der Waals surface area (Å²) in [4.78, 5) is 24.9. The molecule has 0 radical (unpaired) electrons. The van der Waals surface area contributed by atoms with E-state index in [0.717, 1.165) is 10.0 Å². The molecule has 114 valence electrons. The van der Waals surface area contributed by atoms with E-state index >= 15 is 0 Å². The highest BCUT2D eigenvalue weighted by Gasteiger charge is 2.28. The molecule has 1 aromatic rings. The molecule has 0 saturated carbocycles. The lowest BCUT2D eigenvalue weighted by atomic mass is 10.1. The smallest absolute Gasteiger partial charge is 0.337 e. The predicted molar refractivity (Wildman–Crippen MR) is 79.7 cm³/mol. The van der Waals surface area contributed by atoms with Crippen LogP contribution in [0, 0.1) is 0 Å². The Balaban J connectivity index is 2.15. The number of esters is 1. The molecule has 2 N–H and O–H groups in total. The highest BCUT2D eigenvalue weighted by molar-refractivity contribution is 9.10. The normalized spacial score (nSPS) is 19.2. The van der Waals surface area contributed by atoms with Crippen molar-refractivity contribution in [2.75, 3.05) is 26.9 Å². The maximum absolute atomic E-state index is 11.5. The topological polar surface area (TPSA) is 81.9 Å². The Bertz CT molecular complexity index is 550. The van der Waals surface area contributed by atoms with Crippen LogP contribution in [-0.4, -0.2) is 49.7 Å². The van der Waals surface area contributed by atoms with Crippen LogP contribution in [0.1, 0.15) is 15.9 Å². The molecule has 6 nitrogen and oxygen atoms in total. The van der Waals surface area contributed by atoms with Crippen LogP contribution in [0.2, 0.25) is 0 Å². The van der Waals surface area contributed by atoms with Gasteiger partial charge in [0.25, 0.3) is 0 Å². The van der Waals surface area contributed by atoms with Gasteiger partial charge < -0.3 is 15.2 Å². The molecular weight excluding hydrogens is 340 g/mol. The Morgan fingerprint density at radius 3 is 2.90 bits per heavy atom. The van der Waals surface area contributed by atoms with Crippen LogP contribution in [0.4, 0.5) is 0 Å². The third-order valence-electron chi connectivity index (χ3n) is 3.42. The number of amides is 1. The fourth-order valence-corrected chi connectivity index (χ4v) is 2.73. The molecule has 1 saturated heterocycles. The van der Waals surface area contributed by atoms with Crippen LogP contribution in [-0.2, 0) is 20.8 Å². The minimum atomic E-state index is -0.425. The first-order valence-corrected chi connectivity index (χ1v) is 7.30.